The molecule has 0 amide bonds. The topological polar surface area (TPSA) is 43.4 Å². The molecule has 182 valence electrons. The second kappa shape index (κ2) is 16.6. The number of aldehydes is 1. The third kappa shape index (κ3) is 10.6. The van der Waals surface area contributed by atoms with Crippen molar-refractivity contribution in [2.75, 3.05) is 0 Å². The maximum absolute atomic E-state index is 13.5. The van der Waals surface area contributed by atoms with Crippen LogP contribution >= 0.6 is 0 Å². The Hall–Kier alpha value is -1.99. The van der Waals surface area contributed by atoms with E-state index in [-0.39, 0.29) is 6.42 Å². The van der Waals surface area contributed by atoms with Crippen molar-refractivity contribution < 1.29 is 36.3 Å². The normalized spacial score (nSPS) is 11.0. The maximum atomic E-state index is 13.5. The number of rotatable bonds is 18. The van der Waals surface area contributed by atoms with Gasteiger partial charge in [0, 0.05) is 12.8 Å². The first kappa shape index (κ1) is 28.0. The highest BCUT2D eigenvalue weighted by atomic mass is 19.2. The Labute approximate surface area is 186 Å². The molecule has 1 rings (SSSR count). The van der Waals surface area contributed by atoms with E-state index in [1.54, 1.807) is 0 Å². The third-order valence-corrected chi connectivity index (χ3v) is 5.34. The monoisotopic (exact) mass is 464 g/mol. The number of esters is 1. The van der Waals surface area contributed by atoms with Crippen molar-refractivity contribution in [2.45, 2.75) is 103 Å². The van der Waals surface area contributed by atoms with Crippen molar-refractivity contribution in [1.29, 1.82) is 0 Å². The first-order valence-electron chi connectivity index (χ1n) is 11.6. The van der Waals surface area contributed by atoms with Gasteiger partial charge < -0.3 is 9.53 Å². The molecule has 0 saturated heterocycles. The van der Waals surface area contributed by atoms with Gasteiger partial charge in [-0.25, -0.2) is 13.2 Å². The average Bonchev–Trinajstić information content (AvgIpc) is 2.79. The molecule has 32 heavy (non-hydrogen) atoms. The Kier molecular flexibility index (Phi) is 14.6. The maximum Gasteiger partial charge on any atom is 0.311 e. The van der Waals surface area contributed by atoms with Gasteiger partial charge in [0.25, 0.3) is 0 Å². The number of benzene rings is 1. The SMILES string of the molecule is O=CCCCCCCCCCCCCCCCCC(=O)Oc1c(F)c(F)c(F)c(F)c1F. The van der Waals surface area contributed by atoms with Crippen LogP contribution in [-0.4, -0.2) is 12.3 Å². The Morgan fingerprint density at radius 1 is 0.562 bits per heavy atom. The van der Waals surface area contributed by atoms with E-state index in [0.717, 1.165) is 51.2 Å². The lowest BCUT2D eigenvalue weighted by Gasteiger charge is -2.08. The molecule has 0 aliphatic carbocycles. The van der Waals surface area contributed by atoms with Crippen molar-refractivity contribution in [1.82, 2.24) is 0 Å². The van der Waals surface area contributed by atoms with Crippen molar-refractivity contribution in [3.8, 4) is 5.75 Å². The van der Waals surface area contributed by atoms with E-state index in [0.29, 0.717) is 12.8 Å². The van der Waals surface area contributed by atoms with Crippen molar-refractivity contribution in [2.24, 2.45) is 0 Å². The highest BCUT2D eigenvalue weighted by Crippen LogP contribution is 2.29. The van der Waals surface area contributed by atoms with Crippen LogP contribution in [0.25, 0.3) is 0 Å². The smallest absolute Gasteiger partial charge is 0.311 e. The summed E-state index contributed by atoms with van der Waals surface area (Å²) in [5.41, 5.74) is 0. The second-order valence-electron chi connectivity index (χ2n) is 8.03. The predicted octanol–water partition coefficient (Wildman–Crippen LogP) is 7.73. The zero-order valence-electron chi connectivity index (χ0n) is 18.5. The molecule has 0 aliphatic heterocycles. The summed E-state index contributed by atoms with van der Waals surface area (Å²) in [6.07, 6.45) is 16.2. The number of carbonyl (C=O) groups is 2. The fraction of sp³-hybridized carbons (Fsp3) is 0.667. The lowest BCUT2D eigenvalue weighted by Crippen LogP contribution is -2.13. The molecule has 0 aliphatic rings. The minimum Gasteiger partial charge on any atom is -0.420 e. The molecular weight excluding hydrogens is 431 g/mol. The van der Waals surface area contributed by atoms with E-state index in [9.17, 15) is 31.5 Å². The van der Waals surface area contributed by atoms with Crippen LogP contribution in [0.5, 0.6) is 5.75 Å². The number of hydrogen-bond donors (Lipinski definition) is 0. The minimum atomic E-state index is -2.29. The zero-order chi connectivity index (χ0) is 23.8. The molecule has 1 aromatic rings. The Balaban J connectivity index is 2.02. The number of ether oxygens (including phenoxy) is 1. The summed E-state index contributed by atoms with van der Waals surface area (Å²) in [6.45, 7) is 0. The minimum absolute atomic E-state index is 0.158. The molecule has 0 unspecified atom stereocenters. The summed E-state index contributed by atoms with van der Waals surface area (Å²) in [5.74, 6) is -13.5. The van der Waals surface area contributed by atoms with Gasteiger partial charge >= 0.3 is 5.97 Å². The summed E-state index contributed by atoms with van der Waals surface area (Å²) in [7, 11) is 0. The van der Waals surface area contributed by atoms with Crippen LogP contribution in [0.2, 0.25) is 0 Å². The summed E-state index contributed by atoms with van der Waals surface area (Å²) in [5, 5.41) is 0. The average molecular weight is 465 g/mol. The van der Waals surface area contributed by atoms with Crippen LogP contribution in [-0.2, 0) is 9.59 Å². The Morgan fingerprint density at radius 3 is 1.31 bits per heavy atom. The van der Waals surface area contributed by atoms with Crippen molar-refractivity contribution >= 4 is 12.3 Å². The zero-order valence-corrected chi connectivity index (χ0v) is 18.5. The fourth-order valence-corrected chi connectivity index (χ4v) is 3.46. The van der Waals surface area contributed by atoms with E-state index in [4.69, 9.17) is 0 Å². The molecule has 0 spiro atoms. The molecule has 0 fully saturated rings. The summed E-state index contributed by atoms with van der Waals surface area (Å²) in [4.78, 5) is 21.9. The molecule has 1 aromatic carbocycles. The van der Waals surface area contributed by atoms with E-state index in [1.165, 1.54) is 38.5 Å². The molecule has 0 heterocycles. The second-order valence-corrected chi connectivity index (χ2v) is 8.03. The molecule has 0 bridgehead atoms. The van der Waals surface area contributed by atoms with Gasteiger partial charge in [-0.15, -0.1) is 0 Å². The molecule has 0 saturated carbocycles. The number of carbonyl (C=O) groups excluding carboxylic acids is 2. The number of hydrogen-bond acceptors (Lipinski definition) is 3. The molecule has 0 radical (unpaired) electrons. The van der Waals surface area contributed by atoms with Gasteiger partial charge in [-0.05, 0) is 12.8 Å². The standard InChI is InChI=1S/C24H33F5O3/c25-19-20(26)22(28)24(23(29)21(19)27)32-18(31)16-14-12-10-8-6-4-2-1-3-5-7-9-11-13-15-17-30/h17H,1-16H2. The molecular formula is C24H33F5O3. The first-order chi connectivity index (χ1) is 15.4. The van der Waals surface area contributed by atoms with E-state index in [1.807, 2.05) is 0 Å². The van der Waals surface area contributed by atoms with Crippen LogP contribution in [0, 0.1) is 29.1 Å². The quantitative estimate of drug-likeness (QED) is 0.0425. The van der Waals surface area contributed by atoms with Gasteiger partial charge in [-0.3, -0.25) is 4.79 Å². The number of unbranched alkanes of at least 4 members (excludes halogenated alkanes) is 14. The van der Waals surface area contributed by atoms with Crippen molar-refractivity contribution in [3.63, 3.8) is 0 Å². The van der Waals surface area contributed by atoms with Gasteiger partial charge in [0.15, 0.2) is 0 Å². The van der Waals surface area contributed by atoms with E-state index >= 15 is 0 Å². The van der Waals surface area contributed by atoms with Crippen LogP contribution in [0.1, 0.15) is 103 Å². The van der Waals surface area contributed by atoms with Crippen LogP contribution in [0.4, 0.5) is 22.0 Å². The Bertz CT molecular complexity index is 680. The summed E-state index contributed by atoms with van der Waals surface area (Å²) < 4.78 is 70.5. The van der Waals surface area contributed by atoms with Gasteiger partial charge in [0.2, 0.25) is 34.8 Å². The van der Waals surface area contributed by atoms with Gasteiger partial charge in [0.05, 0.1) is 0 Å². The van der Waals surface area contributed by atoms with Gasteiger partial charge in [-0.2, -0.15) is 8.78 Å². The largest absolute Gasteiger partial charge is 0.420 e. The van der Waals surface area contributed by atoms with E-state index in [2.05, 4.69) is 4.74 Å². The molecule has 0 N–H and O–H groups in total. The lowest BCUT2D eigenvalue weighted by atomic mass is 10.0. The molecule has 8 heteroatoms. The number of halogens is 5. The predicted molar refractivity (Wildman–Crippen MR) is 112 cm³/mol. The van der Waals surface area contributed by atoms with Crippen LogP contribution < -0.4 is 4.74 Å². The van der Waals surface area contributed by atoms with Crippen LogP contribution in [0.3, 0.4) is 0 Å². The summed E-state index contributed by atoms with van der Waals surface area (Å²) in [6, 6.07) is 0. The van der Waals surface area contributed by atoms with Gasteiger partial charge in [0.1, 0.15) is 6.29 Å². The summed E-state index contributed by atoms with van der Waals surface area (Å²) >= 11 is 0. The third-order valence-electron chi connectivity index (χ3n) is 5.34. The van der Waals surface area contributed by atoms with E-state index < -0.39 is 40.8 Å². The molecule has 0 aromatic heterocycles. The molecule has 0 atom stereocenters. The fourth-order valence-electron chi connectivity index (χ4n) is 3.46. The first-order valence-corrected chi connectivity index (χ1v) is 11.6. The Morgan fingerprint density at radius 2 is 0.906 bits per heavy atom. The highest BCUT2D eigenvalue weighted by molar-refractivity contribution is 5.72. The van der Waals surface area contributed by atoms with Gasteiger partial charge in [-0.1, -0.05) is 77.0 Å². The van der Waals surface area contributed by atoms with Crippen LogP contribution in [0.15, 0.2) is 0 Å². The lowest BCUT2D eigenvalue weighted by molar-refractivity contribution is -0.135. The highest BCUT2D eigenvalue weighted by Gasteiger charge is 2.28. The molecule has 3 nitrogen and oxygen atoms in total. The van der Waals surface area contributed by atoms with Crippen molar-refractivity contribution in [3.05, 3.63) is 29.1 Å².